The Hall–Kier alpha value is -3.43. The highest BCUT2D eigenvalue weighted by Gasteiger charge is 2.52. The fourth-order valence-corrected chi connectivity index (χ4v) is 4.53. The van der Waals surface area contributed by atoms with Gasteiger partial charge in [0.05, 0.1) is 43.2 Å². The van der Waals surface area contributed by atoms with E-state index in [1.165, 1.54) is 0 Å². The summed E-state index contributed by atoms with van der Waals surface area (Å²) in [5.74, 6) is 0.805. The zero-order valence-electron chi connectivity index (χ0n) is 17.4. The summed E-state index contributed by atoms with van der Waals surface area (Å²) in [5, 5.41) is 29.8. The van der Waals surface area contributed by atoms with E-state index >= 15 is 0 Å². The van der Waals surface area contributed by atoms with Gasteiger partial charge in [0.2, 0.25) is 5.41 Å². The molecule has 3 rings (SSSR count). The molecule has 0 saturated carbocycles. The van der Waals surface area contributed by atoms with Crippen LogP contribution in [0.1, 0.15) is 50.5 Å². The number of rotatable bonds is 6. The van der Waals surface area contributed by atoms with Gasteiger partial charge in [-0.2, -0.15) is 15.8 Å². The lowest BCUT2D eigenvalue weighted by atomic mass is 9.58. The number of hydrogen-bond acceptors (Lipinski definition) is 6. The molecule has 0 radical (unpaired) electrons. The molecular weight excluding hydrogens is 376 g/mol. The maximum atomic E-state index is 10.0. The predicted molar refractivity (Wildman–Crippen MR) is 112 cm³/mol. The Balaban J connectivity index is 2.23. The molecule has 0 aliphatic heterocycles. The maximum Gasteiger partial charge on any atom is 0.204 e. The van der Waals surface area contributed by atoms with E-state index < -0.39 is 5.41 Å². The molecular formula is C24H26N4O2. The fraction of sp³-hybridized carbons (Fsp3) is 0.458. The van der Waals surface area contributed by atoms with Gasteiger partial charge in [-0.15, -0.1) is 0 Å². The molecule has 0 amide bonds. The molecule has 6 nitrogen and oxygen atoms in total. The number of benzene rings is 1. The third-order valence-electron chi connectivity index (χ3n) is 6.09. The first-order valence-electron chi connectivity index (χ1n) is 10.3. The van der Waals surface area contributed by atoms with Crippen molar-refractivity contribution in [3.63, 3.8) is 0 Å². The van der Waals surface area contributed by atoms with Crippen LogP contribution in [-0.2, 0) is 0 Å². The Labute approximate surface area is 177 Å². The van der Waals surface area contributed by atoms with Crippen molar-refractivity contribution in [1.29, 1.82) is 15.8 Å². The largest absolute Gasteiger partial charge is 0.497 e. The summed E-state index contributed by atoms with van der Waals surface area (Å²) in [6.07, 6.45) is 6.38. The summed E-state index contributed by atoms with van der Waals surface area (Å²) in [7, 11) is 1.60. The van der Waals surface area contributed by atoms with Crippen LogP contribution in [0.25, 0.3) is 0 Å². The van der Waals surface area contributed by atoms with Gasteiger partial charge in [0, 0.05) is 17.5 Å². The molecule has 154 valence electrons. The Kier molecular flexibility index (Phi) is 6.34. The van der Waals surface area contributed by atoms with Gasteiger partial charge in [-0.25, -0.2) is 0 Å². The molecule has 0 spiro atoms. The Morgan fingerprint density at radius 2 is 2.00 bits per heavy atom. The van der Waals surface area contributed by atoms with Crippen LogP contribution in [0.3, 0.4) is 0 Å². The van der Waals surface area contributed by atoms with Crippen LogP contribution in [0.4, 0.5) is 0 Å². The molecule has 30 heavy (non-hydrogen) atoms. The molecule has 0 unspecified atom stereocenters. The maximum absolute atomic E-state index is 10.0. The molecule has 1 aromatic carbocycles. The lowest BCUT2D eigenvalue weighted by Crippen LogP contribution is -2.40. The normalized spacial score (nSPS) is 22.0. The predicted octanol–water partition coefficient (Wildman–Crippen LogP) is 4.47. The van der Waals surface area contributed by atoms with Gasteiger partial charge in [-0.05, 0) is 43.2 Å². The number of nitrogens with zero attached hydrogens (tertiary/aromatic N) is 3. The Bertz CT molecular complexity index is 990. The standard InChI is InChI=1S/C24H26N4O2/c1-3-4-11-30-21-12-16(29-2)9-10-18(21)22-17-7-5-6-8-20(17)24(14-26,15-27)23(28)19(22)13-25/h8-10,12,17,22H,3-7,11,28H2,1-2H3/t17-,22-/m1/s1. The molecule has 2 atom stereocenters. The van der Waals surface area contributed by atoms with E-state index in [-0.39, 0.29) is 23.1 Å². The van der Waals surface area contributed by atoms with Crippen LogP contribution < -0.4 is 15.2 Å². The van der Waals surface area contributed by atoms with Crippen LogP contribution >= 0.6 is 0 Å². The summed E-state index contributed by atoms with van der Waals surface area (Å²) in [6.45, 7) is 2.65. The number of fused-ring (bicyclic) bond motifs is 1. The number of nitriles is 3. The second kappa shape index (κ2) is 8.93. The van der Waals surface area contributed by atoms with Gasteiger partial charge in [-0.1, -0.05) is 25.5 Å². The zero-order chi connectivity index (χ0) is 21.7. The van der Waals surface area contributed by atoms with Crippen molar-refractivity contribution in [3.8, 4) is 29.7 Å². The zero-order valence-corrected chi connectivity index (χ0v) is 17.4. The number of ether oxygens (including phenoxy) is 2. The molecule has 0 bridgehead atoms. The highest BCUT2D eigenvalue weighted by atomic mass is 16.5. The average molecular weight is 402 g/mol. The van der Waals surface area contributed by atoms with Crippen LogP contribution in [0, 0.1) is 45.3 Å². The number of nitrogens with two attached hydrogens (primary N) is 1. The minimum atomic E-state index is -1.58. The molecule has 1 aromatic rings. The average Bonchev–Trinajstić information content (AvgIpc) is 2.79. The highest BCUT2D eigenvalue weighted by molar-refractivity contribution is 5.60. The van der Waals surface area contributed by atoms with Crippen molar-refractivity contribution in [2.75, 3.05) is 13.7 Å². The summed E-state index contributed by atoms with van der Waals surface area (Å²) in [5.41, 5.74) is 6.66. The van der Waals surface area contributed by atoms with Crippen molar-refractivity contribution in [2.24, 2.45) is 17.1 Å². The molecule has 0 aromatic heterocycles. The molecule has 0 saturated heterocycles. The SMILES string of the molecule is CCCCOc1cc(OC)ccc1[C@@H]1C(C#N)=C(N)C(C#N)(C#N)C2=CCCC[C@H]21. The van der Waals surface area contributed by atoms with E-state index in [1.54, 1.807) is 7.11 Å². The second-order valence-electron chi connectivity index (χ2n) is 7.69. The van der Waals surface area contributed by atoms with Gasteiger partial charge in [0.25, 0.3) is 0 Å². The fourth-order valence-electron chi connectivity index (χ4n) is 4.53. The second-order valence-corrected chi connectivity index (χ2v) is 7.69. The van der Waals surface area contributed by atoms with Crippen molar-refractivity contribution < 1.29 is 9.47 Å². The Morgan fingerprint density at radius 3 is 2.63 bits per heavy atom. The van der Waals surface area contributed by atoms with Gasteiger partial charge >= 0.3 is 0 Å². The van der Waals surface area contributed by atoms with Crippen molar-refractivity contribution in [1.82, 2.24) is 0 Å². The van der Waals surface area contributed by atoms with Crippen LogP contribution in [0.5, 0.6) is 11.5 Å². The first-order chi connectivity index (χ1) is 14.6. The molecule has 2 aliphatic rings. The minimum Gasteiger partial charge on any atom is -0.497 e. The number of methoxy groups -OCH3 is 1. The van der Waals surface area contributed by atoms with Gasteiger partial charge in [0.15, 0.2) is 0 Å². The first-order valence-corrected chi connectivity index (χ1v) is 10.3. The molecule has 2 N–H and O–H groups in total. The van der Waals surface area contributed by atoms with E-state index in [0.717, 1.165) is 43.2 Å². The molecule has 0 heterocycles. The van der Waals surface area contributed by atoms with Crippen LogP contribution in [0.15, 0.2) is 41.1 Å². The number of unbranched alkanes of at least 4 members (excludes halogenated alkanes) is 1. The van der Waals surface area contributed by atoms with E-state index in [0.29, 0.717) is 18.1 Å². The monoisotopic (exact) mass is 402 g/mol. The molecule has 2 aliphatic carbocycles. The van der Waals surface area contributed by atoms with E-state index in [2.05, 4.69) is 25.1 Å². The molecule has 6 heteroatoms. The topological polar surface area (TPSA) is 116 Å². The van der Waals surface area contributed by atoms with Gasteiger partial charge < -0.3 is 15.2 Å². The van der Waals surface area contributed by atoms with Crippen molar-refractivity contribution >= 4 is 0 Å². The third kappa shape index (κ3) is 3.38. The highest BCUT2D eigenvalue weighted by Crippen LogP contribution is 2.56. The van der Waals surface area contributed by atoms with Crippen LogP contribution in [-0.4, -0.2) is 13.7 Å². The van der Waals surface area contributed by atoms with E-state index in [4.69, 9.17) is 15.2 Å². The Morgan fingerprint density at radius 1 is 1.23 bits per heavy atom. The van der Waals surface area contributed by atoms with Crippen LogP contribution in [0.2, 0.25) is 0 Å². The summed E-state index contributed by atoms with van der Waals surface area (Å²) >= 11 is 0. The third-order valence-corrected chi connectivity index (χ3v) is 6.09. The lowest BCUT2D eigenvalue weighted by Gasteiger charge is -2.42. The van der Waals surface area contributed by atoms with Gasteiger partial charge in [-0.3, -0.25) is 0 Å². The minimum absolute atomic E-state index is 0.0414. The quantitative estimate of drug-likeness (QED) is 0.554. The summed E-state index contributed by atoms with van der Waals surface area (Å²) in [4.78, 5) is 0. The van der Waals surface area contributed by atoms with E-state index in [1.807, 2.05) is 24.3 Å². The van der Waals surface area contributed by atoms with Crippen molar-refractivity contribution in [2.45, 2.75) is 44.9 Å². The van der Waals surface area contributed by atoms with Gasteiger partial charge in [0.1, 0.15) is 11.5 Å². The molecule has 0 fully saturated rings. The lowest BCUT2D eigenvalue weighted by molar-refractivity contribution is 0.297. The summed E-state index contributed by atoms with van der Waals surface area (Å²) < 4.78 is 11.5. The van der Waals surface area contributed by atoms with Crippen molar-refractivity contribution in [3.05, 3.63) is 46.7 Å². The summed E-state index contributed by atoms with van der Waals surface area (Å²) in [6, 6.07) is 12.0. The number of hydrogen-bond donors (Lipinski definition) is 1. The number of allylic oxidation sites excluding steroid dienone is 3. The first kappa shape index (κ1) is 21.3. The smallest absolute Gasteiger partial charge is 0.204 e. The van der Waals surface area contributed by atoms with E-state index in [9.17, 15) is 15.8 Å².